The number of amides is 1. The number of unbranched alkanes of at least 4 members (excludes halogenated alkanes) is 1. The van der Waals surface area contributed by atoms with Gasteiger partial charge in [0.2, 0.25) is 0 Å². The van der Waals surface area contributed by atoms with E-state index in [2.05, 4.69) is 32.4 Å². The summed E-state index contributed by atoms with van der Waals surface area (Å²) in [5.74, 6) is 2.68. The van der Waals surface area contributed by atoms with Crippen molar-refractivity contribution in [2.75, 3.05) is 13.1 Å². The lowest BCUT2D eigenvalue weighted by molar-refractivity contribution is 0.0901. The number of carbonyl (C=O) groups excluding carboxylic acids is 1. The molecule has 0 bridgehead atoms. The highest BCUT2D eigenvalue weighted by atomic mass is 127. The molecular formula is C8H13IN2O2. The lowest BCUT2D eigenvalue weighted by atomic mass is 10.3. The van der Waals surface area contributed by atoms with Crippen LogP contribution in [-0.2, 0) is 4.84 Å². The predicted molar refractivity (Wildman–Crippen MR) is 59.2 cm³/mol. The molecule has 0 saturated carbocycles. The van der Waals surface area contributed by atoms with Crippen molar-refractivity contribution in [1.29, 1.82) is 0 Å². The monoisotopic (exact) mass is 296 g/mol. The van der Waals surface area contributed by atoms with Gasteiger partial charge < -0.3 is 10.2 Å². The molecule has 0 heterocycles. The molecule has 0 aliphatic heterocycles. The van der Waals surface area contributed by atoms with Crippen molar-refractivity contribution in [2.45, 2.75) is 19.8 Å². The molecule has 0 fully saturated rings. The normalized spacial score (nSPS) is 8.46. The summed E-state index contributed by atoms with van der Waals surface area (Å²) in [5, 5.41) is 2.46. The zero-order valence-corrected chi connectivity index (χ0v) is 9.68. The first kappa shape index (κ1) is 12.5. The quantitative estimate of drug-likeness (QED) is 0.349. The summed E-state index contributed by atoms with van der Waals surface area (Å²) in [7, 11) is 0. The minimum absolute atomic E-state index is 0.317. The Hall–Kier alpha value is -0.480. The van der Waals surface area contributed by atoms with E-state index in [0.29, 0.717) is 13.1 Å². The fourth-order valence-corrected chi connectivity index (χ4v) is 0.742. The van der Waals surface area contributed by atoms with Gasteiger partial charge in [-0.3, -0.25) is 0 Å². The summed E-state index contributed by atoms with van der Waals surface area (Å²) in [4.78, 5) is 15.4. The molecule has 0 rings (SSSR count). The Kier molecular flexibility index (Phi) is 9.25. The van der Waals surface area contributed by atoms with Gasteiger partial charge in [-0.25, -0.2) is 4.79 Å². The van der Waals surface area contributed by atoms with Gasteiger partial charge in [-0.2, -0.15) is 5.48 Å². The Morgan fingerprint density at radius 2 is 2.38 bits per heavy atom. The molecule has 74 valence electrons. The summed E-state index contributed by atoms with van der Waals surface area (Å²) in [5.41, 5.74) is 2.55. The summed E-state index contributed by atoms with van der Waals surface area (Å²) in [6.07, 6.45) is 1.56. The second kappa shape index (κ2) is 9.61. The van der Waals surface area contributed by atoms with E-state index in [1.807, 2.05) is 22.6 Å². The summed E-state index contributed by atoms with van der Waals surface area (Å²) in [6.45, 7) is 3.07. The third-order valence-electron chi connectivity index (χ3n) is 1.19. The number of rotatable bonds is 5. The molecule has 0 aliphatic carbocycles. The third-order valence-corrected chi connectivity index (χ3v) is 1.57. The molecule has 0 atom stereocenters. The number of carbonyl (C=O) groups is 1. The van der Waals surface area contributed by atoms with Gasteiger partial charge >= 0.3 is 6.09 Å². The van der Waals surface area contributed by atoms with E-state index in [-0.39, 0.29) is 0 Å². The van der Waals surface area contributed by atoms with Crippen LogP contribution in [0.3, 0.4) is 0 Å². The van der Waals surface area contributed by atoms with Crippen molar-refractivity contribution in [1.82, 2.24) is 10.8 Å². The average Bonchev–Trinajstić information content (AvgIpc) is 2.13. The topological polar surface area (TPSA) is 50.4 Å². The van der Waals surface area contributed by atoms with Crippen molar-refractivity contribution >= 4 is 28.7 Å². The first-order valence-corrected chi connectivity index (χ1v) is 5.15. The molecule has 0 spiro atoms. The molecular weight excluding hydrogens is 283 g/mol. The molecule has 13 heavy (non-hydrogen) atoms. The molecule has 0 saturated heterocycles. The van der Waals surface area contributed by atoms with E-state index in [1.165, 1.54) is 0 Å². The fraction of sp³-hybridized carbons (Fsp3) is 0.625. The lowest BCUT2D eigenvalue weighted by Gasteiger charge is -2.04. The van der Waals surface area contributed by atoms with E-state index in [9.17, 15) is 4.79 Å². The summed E-state index contributed by atoms with van der Waals surface area (Å²) in [6, 6.07) is 0. The molecule has 0 unspecified atom stereocenters. The number of nitrogens with one attached hydrogen (secondary N) is 2. The predicted octanol–water partition coefficient (Wildman–Crippen LogP) is 1.41. The highest BCUT2D eigenvalue weighted by Crippen LogP contribution is 1.82. The standard InChI is InChI=1S/C8H13IN2O2/c1-2-3-7-11-13-8(12)10-6-4-5-9/h11H,2-3,6-7H2,1H3,(H,10,12). The number of hydrogen-bond acceptors (Lipinski definition) is 3. The summed E-state index contributed by atoms with van der Waals surface area (Å²) >= 11 is 1.91. The molecule has 0 radical (unpaired) electrons. The van der Waals surface area contributed by atoms with E-state index in [1.54, 1.807) is 0 Å². The molecule has 2 N–H and O–H groups in total. The Morgan fingerprint density at radius 3 is 3.00 bits per heavy atom. The van der Waals surface area contributed by atoms with E-state index >= 15 is 0 Å². The van der Waals surface area contributed by atoms with Gasteiger partial charge in [-0.05, 0) is 10.3 Å². The molecule has 0 aromatic heterocycles. The molecule has 4 nitrogen and oxygen atoms in total. The van der Waals surface area contributed by atoms with Crippen molar-refractivity contribution in [3.63, 3.8) is 0 Å². The second-order valence-electron chi connectivity index (χ2n) is 2.26. The van der Waals surface area contributed by atoms with Gasteiger partial charge in [0.05, 0.1) is 6.54 Å². The van der Waals surface area contributed by atoms with Gasteiger partial charge in [-0.15, -0.1) is 0 Å². The van der Waals surface area contributed by atoms with Gasteiger partial charge in [0.1, 0.15) is 0 Å². The van der Waals surface area contributed by atoms with Crippen LogP contribution in [0.15, 0.2) is 0 Å². The van der Waals surface area contributed by atoms with E-state index in [0.717, 1.165) is 12.8 Å². The van der Waals surface area contributed by atoms with E-state index < -0.39 is 6.09 Å². The van der Waals surface area contributed by atoms with Crippen LogP contribution in [0, 0.1) is 9.85 Å². The Morgan fingerprint density at radius 1 is 1.62 bits per heavy atom. The van der Waals surface area contributed by atoms with Gasteiger partial charge in [0.15, 0.2) is 0 Å². The van der Waals surface area contributed by atoms with Crippen molar-refractivity contribution < 1.29 is 9.63 Å². The number of hydrogen-bond donors (Lipinski definition) is 2. The average molecular weight is 296 g/mol. The Bertz CT molecular complexity index is 198. The zero-order chi connectivity index (χ0) is 9.94. The highest BCUT2D eigenvalue weighted by molar-refractivity contribution is 14.1. The minimum Gasteiger partial charge on any atom is -0.354 e. The first-order valence-electron chi connectivity index (χ1n) is 4.07. The van der Waals surface area contributed by atoms with Crippen LogP contribution < -0.4 is 10.8 Å². The highest BCUT2D eigenvalue weighted by Gasteiger charge is 1.97. The molecule has 0 aromatic rings. The van der Waals surface area contributed by atoms with E-state index in [4.69, 9.17) is 0 Å². The van der Waals surface area contributed by atoms with Crippen LogP contribution in [0.4, 0.5) is 4.79 Å². The second-order valence-corrected chi connectivity index (χ2v) is 2.80. The summed E-state index contributed by atoms with van der Waals surface area (Å²) < 4.78 is 2.63. The first-order chi connectivity index (χ1) is 6.31. The van der Waals surface area contributed by atoms with Crippen LogP contribution in [0.2, 0.25) is 0 Å². The lowest BCUT2D eigenvalue weighted by Crippen LogP contribution is -2.30. The number of hydroxylamine groups is 1. The molecule has 5 heteroatoms. The Balaban J connectivity index is 3.23. The zero-order valence-electron chi connectivity index (χ0n) is 7.52. The maximum absolute atomic E-state index is 10.8. The third kappa shape index (κ3) is 9.43. The van der Waals surface area contributed by atoms with Crippen LogP contribution >= 0.6 is 22.6 Å². The maximum atomic E-state index is 10.8. The molecule has 0 aliphatic rings. The fourth-order valence-electron chi connectivity index (χ4n) is 0.551. The van der Waals surface area contributed by atoms with Gasteiger partial charge in [0.25, 0.3) is 0 Å². The molecule has 1 amide bonds. The van der Waals surface area contributed by atoms with Crippen molar-refractivity contribution in [3.05, 3.63) is 0 Å². The Labute approximate surface area is 91.9 Å². The smallest absolute Gasteiger partial charge is 0.354 e. The number of halogens is 1. The van der Waals surface area contributed by atoms with Crippen LogP contribution in [-0.4, -0.2) is 19.2 Å². The maximum Gasteiger partial charge on any atom is 0.426 e. The van der Waals surface area contributed by atoms with Gasteiger partial charge in [-0.1, -0.05) is 19.3 Å². The largest absolute Gasteiger partial charge is 0.426 e. The van der Waals surface area contributed by atoms with Crippen LogP contribution in [0.5, 0.6) is 0 Å². The van der Waals surface area contributed by atoms with Crippen molar-refractivity contribution in [2.24, 2.45) is 0 Å². The van der Waals surface area contributed by atoms with Crippen molar-refractivity contribution in [3.8, 4) is 9.85 Å². The SMILES string of the molecule is CCCCNOC(=O)NCC#CI. The minimum atomic E-state index is -0.491. The van der Waals surface area contributed by atoms with Gasteiger partial charge in [0, 0.05) is 29.1 Å². The van der Waals surface area contributed by atoms with Crippen LogP contribution in [0.1, 0.15) is 19.8 Å². The molecule has 0 aromatic carbocycles. The van der Waals surface area contributed by atoms with Crippen LogP contribution in [0.25, 0.3) is 0 Å².